The molecule has 1 aromatic rings. The standard InChI is InChI=1S/C12H19FN2O4S2/c1-11(2,3)19-10(16)15-21(14,18)9-7(13)6-8(20-9)12(4,5)17/h6,17H,1-5H3,(H2,14,15,16,18). The number of carbonyl (C=O) groups is 1. The van der Waals surface area contributed by atoms with Crippen molar-refractivity contribution in [3.8, 4) is 0 Å². The minimum atomic E-state index is -3.77. The second-order valence-corrected chi connectivity index (χ2v) is 8.98. The second kappa shape index (κ2) is 5.64. The largest absolute Gasteiger partial charge is 0.443 e. The van der Waals surface area contributed by atoms with E-state index in [1.54, 1.807) is 20.8 Å². The Morgan fingerprint density at radius 3 is 2.33 bits per heavy atom. The van der Waals surface area contributed by atoms with Crippen molar-refractivity contribution < 1.29 is 23.2 Å². The van der Waals surface area contributed by atoms with Gasteiger partial charge in [0, 0.05) is 4.88 Å². The maximum Gasteiger partial charge on any atom is 0.443 e. The number of aliphatic hydroxyl groups is 1. The molecule has 0 saturated heterocycles. The summed E-state index contributed by atoms with van der Waals surface area (Å²) in [5.74, 6) is -0.878. The van der Waals surface area contributed by atoms with Crippen molar-refractivity contribution in [1.29, 1.82) is 0 Å². The molecule has 0 fully saturated rings. The smallest absolute Gasteiger partial charge is 0.442 e. The summed E-state index contributed by atoms with van der Waals surface area (Å²) in [6, 6.07) is 1.02. The zero-order chi connectivity index (χ0) is 16.6. The molecule has 1 atom stereocenters. The topological polar surface area (TPSA) is 102 Å². The average molecular weight is 338 g/mol. The van der Waals surface area contributed by atoms with Gasteiger partial charge in [-0.3, -0.25) is 0 Å². The summed E-state index contributed by atoms with van der Waals surface area (Å²) in [4.78, 5) is 11.8. The lowest BCUT2D eigenvalue weighted by Gasteiger charge is -2.17. The maximum absolute atomic E-state index is 13.9. The zero-order valence-electron chi connectivity index (χ0n) is 12.5. The third kappa shape index (κ3) is 5.03. The summed E-state index contributed by atoms with van der Waals surface area (Å²) < 4.78 is 33.8. The number of rotatable bonds is 2. The van der Waals surface area contributed by atoms with E-state index in [0.717, 1.165) is 6.07 Å². The van der Waals surface area contributed by atoms with Crippen LogP contribution in [0, 0.1) is 5.82 Å². The van der Waals surface area contributed by atoms with Crippen LogP contribution in [0.2, 0.25) is 0 Å². The lowest BCUT2D eigenvalue weighted by molar-refractivity contribution is 0.0607. The second-order valence-electron chi connectivity index (χ2n) is 5.95. The molecule has 0 radical (unpaired) electrons. The Morgan fingerprint density at radius 1 is 1.43 bits per heavy atom. The highest BCUT2D eigenvalue weighted by Gasteiger charge is 2.27. The third-order valence-electron chi connectivity index (χ3n) is 2.13. The van der Waals surface area contributed by atoms with Crippen LogP contribution in [-0.2, 0) is 20.3 Å². The van der Waals surface area contributed by atoms with Gasteiger partial charge in [-0.1, -0.05) is 0 Å². The van der Waals surface area contributed by atoms with Gasteiger partial charge >= 0.3 is 6.09 Å². The van der Waals surface area contributed by atoms with Gasteiger partial charge < -0.3 is 9.84 Å². The van der Waals surface area contributed by atoms with Crippen LogP contribution in [0.4, 0.5) is 9.18 Å². The molecule has 1 unspecified atom stereocenters. The van der Waals surface area contributed by atoms with Crippen molar-refractivity contribution >= 4 is 27.3 Å². The molecule has 21 heavy (non-hydrogen) atoms. The summed E-state index contributed by atoms with van der Waals surface area (Å²) in [7, 11) is -3.77. The molecule has 9 heteroatoms. The summed E-state index contributed by atoms with van der Waals surface area (Å²) in [5.41, 5.74) is -2.15. The molecule has 1 amide bonds. The SMILES string of the molecule is CC(C)(C)OC(=O)N=S(N)(=O)c1sc(C(C)(C)O)cc1F. The van der Waals surface area contributed by atoms with Crippen molar-refractivity contribution in [1.82, 2.24) is 0 Å². The molecule has 0 aromatic carbocycles. The van der Waals surface area contributed by atoms with Gasteiger partial charge in [0.15, 0.2) is 19.9 Å². The molecule has 120 valence electrons. The highest BCUT2D eigenvalue weighted by atomic mass is 32.2. The van der Waals surface area contributed by atoms with E-state index in [2.05, 4.69) is 4.36 Å². The predicted octanol–water partition coefficient (Wildman–Crippen LogP) is 2.75. The monoisotopic (exact) mass is 338 g/mol. The number of hydrogen-bond acceptors (Lipinski definition) is 5. The number of carbonyl (C=O) groups excluding carboxylic acids is 1. The molecule has 1 heterocycles. The number of nitrogens with two attached hydrogens (primary N) is 1. The number of amides is 1. The first-order valence-corrected chi connectivity index (χ1v) is 8.42. The molecule has 1 aromatic heterocycles. The fourth-order valence-corrected chi connectivity index (χ4v) is 3.59. The Kier molecular flexibility index (Phi) is 4.84. The summed E-state index contributed by atoms with van der Waals surface area (Å²) in [5, 5.41) is 15.3. The van der Waals surface area contributed by atoms with E-state index in [0.29, 0.717) is 11.3 Å². The van der Waals surface area contributed by atoms with Crippen LogP contribution in [0.25, 0.3) is 0 Å². The fourth-order valence-electron chi connectivity index (χ4n) is 1.29. The first-order chi connectivity index (χ1) is 9.22. The molecule has 0 aliphatic heterocycles. The van der Waals surface area contributed by atoms with Crippen LogP contribution in [-0.4, -0.2) is 21.0 Å². The van der Waals surface area contributed by atoms with Crippen LogP contribution in [0.1, 0.15) is 39.5 Å². The Labute approximate surface area is 127 Å². The molecule has 0 saturated carbocycles. The highest BCUT2D eigenvalue weighted by Crippen LogP contribution is 2.33. The molecule has 1 rings (SSSR count). The molecule has 0 bridgehead atoms. The number of hydrogen-bond donors (Lipinski definition) is 2. The average Bonchev–Trinajstić information content (AvgIpc) is 2.55. The Morgan fingerprint density at radius 2 is 1.95 bits per heavy atom. The van der Waals surface area contributed by atoms with Gasteiger partial charge in [-0.05, 0) is 40.7 Å². The maximum atomic E-state index is 13.9. The van der Waals surface area contributed by atoms with Crippen molar-refractivity contribution in [2.24, 2.45) is 9.50 Å². The summed E-state index contributed by atoms with van der Waals surface area (Å²) >= 11 is 0.706. The van der Waals surface area contributed by atoms with Crippen LogP contribution in [0.5, 0.6) is 0 Å². The van der Waals surface area contributed by atoms with Gasteiger partial charge in [0.1, 0.15) is 5.60 Å². The first-order valence-electron chi connectivity index (χ1n) is 6.02. The molecule has 0 aliphatic carbocycles. The fraction of sp³-hybridized carbons (Fsp3) is 0.583. The number of ether oxygens (including phenoxy) is 1. The number of halogens is 1. The van der Waals surface area contributed by atoms with E-state index in [9.17, 15) is 18.5 Å². The predicted molar refractivity (Wildman–Crippen MR) is 78.8 cm³/mol. The van der Waals surface area contributed by atoms with Gasteiger partial charge in [-0.25, -0.2) is 18.5 Å². The lowest BCUT2D eigenvalue weighted by atomic mass is 10.1. The van der Waals surface area contributed by atoms with Crippen molar-refractivity contribution in [2.75, 3.05) is 0 Å². The van der Waals surface area contributed by atoms with Crippen LogP contribution in [0.3, 0.4) is 0 Å². The van der Waals surface area contributed by atoms with E-state index >= 15 is 0 Å². The van der Waals surface area contributed by atoms with Gasteiger partial charge in [-0.15, -0.1) is 15.7 Å². The highest BCUT2D eigenvalue weighted by molar-refractivity contribution is 7.93. The Hall–Kier alpha value is -1.03. The van der Waals surface area contributed by atoms with Gasteiger partial charge in [0.2, 0.25) is 0 Å². The normalized spacial score (nSPS) is 15.4. The van der Waals surface area contributed by atoms with E-state index in [1.165, 1.54) is 13.8 Å². The van der Waals surface area contributed by atoms with Crippen LogP contribution in [0.15, 0.2) is 14.6 Å². The first kappa shape index (κ1) is 18.0. The molecule has 6 nitrogen and oxygen atoms in total. The van der Waals surface area contributed by atoms with Crippen molar-refractivity contribution in [3.63, 3.8) is 0 Å². The van der Waals surface area contributed by atoms with Crippen LogP contribution < -0.4 is 5.14 Å². The minimum absolute atomic E-state index is 0.229. The van der Waals surface area contributed by atoms with Gasteiger partial charge in [0.05, 0.1) is 5.60 Å². The van der Waals surface area contributed by atoms with Gasteiger partial charge in [0.25, 0.3) is 0 Å². The van der Waals surface area contributed by atoms with E-state index in [-0.39, 0.29) is 4.88 Å². The molecular weight excluding hydrogens is 319 g/mol. The number of thiophene rings is 1. The number of nitrogens with zero attached hydrogens (tertiary/aromatic N) is 1. The Bertz CT molecular complexity index is 662. The van der Waals surface area contributed by atoms with Crippen molar-refractivity contribution in [3.05, 3.63) is 16.8 Å². The summed E-state index contributed by atoms with van der Waals surface area (Å²) in [6.45, 7) is 7.72. The lowest BCUT2D eigenvalue weighted by Crippen LogP contribution is -2.24. The Balaban J connectivity index is 3.23. The molecular formula is C12H19FN2O4S2. The van der Waals surface area contributed by atoms with E-state index in [1.807, 2.05) is 0 Å². The quantitative estimate of drug-likeness (QED) is 0.865. The molecule has 0 aliphatic rings. The summed E-state index contributed by atoms with van der Waals surface area (Å²) in [6.07, 6.45) is -1.13. The van der Waals surface area contributed by atoms with E-state index in [4.69, 9.17) is 9.88 Å². The third-order valence-corrected chi connectivity index (χ3v) is 5.46. The molecule has 0 spiro atoms. The zero-order valence-corrected chi connectivity index (χ0v) is 14.1. The van der Waals surface area contributed by atoms with Gasteiger partial charge in [-0.2, -0.15) is 0 Å². The van der Waals surface area contributed by atoms with E-state index < -0.39 is 37.2 Å². The van der Waals surface area contributed by atoms with Crippen molar-refractivity contribution in [2.45, 2.75) is 50.0 Å². The van der Waals surface area contributed by atoms with Crippen LogP contribution >= 0.6 is 11.3 Å². The molecule has 3 N–H and O–H groups in total. The minimum Gasteiger partial charge on any atom is -0.442 e.